The third-order valence-corrected chi connectivity index (χ3v) is 4.43. The largest absolute Gasteiger partial charge is 0.351 e. The Balaban J connectivity index is 2.21. The molecule has 122 valence electrons. The summed E-state index contributed by atoms with van der Waals surface area (Å²) in [7, 11) is -4.13. The fraction of sp³-hybridized carbons (Fsp3) is 0. The van der Waals surface area contributed by atoms with Gasteiger partial charge in [0, 0.05) is 10.9 Å². The maximum atomic E-state index is 12.1. The number of benzene rings is 3. The van der Waals surface area contributed by atoms with Gasteiger partial charge in [-0.25, -0.2) is 9.52 Å². The first-order valence-corrected chi connectivity index (χ1v) is 8.62. The Morgan fingerprint density at radius 3 is 2.25 bits per heavy atom. The average Bonchev–Trinajstić information content (AvgIpc) is 2.54. The maximum Gasteiger partial charge on any atom is 0.327 e. The predicted molar refractivity (Wildman–Crippen MR) is 94.6 cm³/mol. The molecule has 3 rings (SSSR count). The minimum absolute atomic E-state index is 0.382. The number of rotatable bonds is 4. The number of amides is 2. The Morgan fingerprint density at radius 1 is 0.875 bits per heavy atom. The zero-order chi connectivity index (χ0) is 17.2. The van der Waals surface area contributed by atoms with Gasteiger partial charge in [0.2, 0.25) is 0 Å². The summed E-state index contributed by atoms with van der Waals surface area (Å²) in [6.45, 7) is 0. The van der Waals surface area contributed by atoms with E-state index in [0.717, 1.165) is 10.9 Å². The van der Waals surface area contributed by atoms with Crippen molar-refractivity contribution in [3.05, 3.63) is 66.7 Å². The van der Waals surface area contributed by atoms with Crippen molar-refractivity contribution in [1.29, 1.82) is 0 Å². The normalized spacial score (nSPS) is 11.2. The van der Waals surface area contributed by atoms with Crippen molar-refractivity contribution >= 4 is 32.7 Å². The van der Waals surface area contributed by atoms with Crippen LogP contribution in [-0.4, -0.2) is 14.4 Å². The van der Waals surface area contributed by atoms with Crippen molar-refractivity contribution < 1.29 is 13.2 Å². The van der Waals surface area contributed by atoms with E-state index in [1.165, 1.54) is 0 Å². The van der Waals surface area contributed by atoms with Gasteiger partial charge in [-0.2, -0.15) is 8.42 Å². The molecule has 0 aliphatic heterocycles. The third kappa shape index (κ3) is 3.31. The molecule has 0 saturated carbocycles. The molecule has 0 spiro atoms. The lowest BCUT2D eigenvalue weighted by Crippen LogP contribution is -2.38. The van der Waals surface area contributed by atoms with Crippen LogP contribution in [0.25, 0.3) is 21.9 Å². The van der Waals surface area contributed by atoms with Gasteiger partial charge in [0.15, 0.2) is 0 Å². The van der Waals surface area contributed by atoms with E-state index < -0.39 is 16.2 Å². The van der Waals surface area contributed by atoms with Crippen LogP contribution in [0.15, 0.2) is 66.7 Å². The molecule has 0 atom stereocenters. The SMILES string of the molecule is NC(=O)NS(=O)(=O)Nc1c(-c2ccccc2)ccc2ccccc12. The number of carbonyl (C=O) groups is 1. The van der Waals surface area contributed by atoms with Crippen LogP contribution >= 0.6 is 0 Å². The molecule has 0 fully saturated rings. The fourth-order valence-electron chi connectivity index (χ4n) is 2.53. The van der Waals surface area contributed by atoms with E-state index in [0.29, 0.717) is 16.6 Å². The molecule has 7 heteroatoms. The summed E-state index contributed by atoms with van der Waals surface area (Å²) in [5.41, 5.74) is 6.85. The number of nitrogens with two attached hydrogens (primary N) is 1. The fourth-order valence-corrected chi connectivity index (χ4v) is 3.34. The maximum absolute atomic E-state index is 12.1. The van der Waals surface area contributed by atoms with E-state index in [1.54, 1.807) is 4.72 Å². The lowest BCUT2D eigenvalue weighted by atomic mass is 9.99. The Morgan fingerprint density at radius 2 is 1.54 bits per heavy atom. The number of primary amides is 1. The van der Waals surface area contributed by atoms with Crippen molar-refractivity contribution in [2.45, 2.75) is 0 Å². The van der Waals surface area contributed by atoms with Crippen LogP contribution in [0.2, 0.25) is 0 Å². The predicted octanol–water partition coefficient (Wildman–Crippen LogP) is 2.83. The molecule has 0 aliphatic rings. The number of anilines is 1. The number of hydrogen-bond donors (Lipinski definition) is 3. The molecule has 0 heterocycles. The van der Waals surface area contributed by atoms with Gasteiger partial charge in [-0.1, -0.05) is 66.7 Å². The van der Waals surface area contributed by atoms with E-state index in [1.807, 2.05) is 66.7 Å². The monoisotopic (exact) mass is 341 g/mol. The van der Waals surface area contributed by atoms with Crippen LogP contribution in [0, 0.1) is 0 Å². The summed E-state index contributed by atoms with van der Waals surface area (Å²) < 4.78 is 28.4. The molecule has 0 radical (unpaired) electrons. The number of urea groups is 1. The Kier molecular flexibility index (Phi) is 4.09. The van der Waals surface area contributed by atoms with Crippen LogP contribution in [0.1, 0.15) is 0 Å². The van der Waals surface area contributed by atoms with Gasteiger partial charge >= 0.3 is 16.2 Å². The molecule has 3 aromatic rings. The van der Waals surface area contributed by atoms with Crippen molar-refractivity contribution in [3.8, 4) is 11.1 Å². The van der Waals surface area contributed by atoms with Crippen LogP contribution in [0.5, 0.6) is 0 Å². The molecule has 2 amide bonds. The van der Waals surface area contributed by atoms with Gasteiger partial charge < -0.3 is 5.73 Å². The Bertz CT molecular complexity index is 1000. The quantitative estimate of drug-likeness (QED) is 0.680. The molecule has 0 saturated heterocycles. The zero-order valence-electron chi connectivity index (χ0n) is 12.6. The molecule has 24 heavy (non-hydrogen) atoms. The number of hydrogen-bond acceptors (Lipinski definition) is 3. The van der Waals surface area contributed by atoms with Crippen molar-refractivity contribution in [3.63, 3.8) is 0 Å². The summed E-state index contributed by atoms with van der Waals surface area (Å²) in [6.07, 6.45) is 0. The van der Waals surface area contributed by atoms with Gasteiger partial charge in [0.1, 0.15) is 0 Å². The average molecular weight is 341 g/mol. The summed E-state index contributed by atoms with van der Waals surface area (Å²) in [6, 6.07) is 19.3. The second kappa shape index (κ2) is 6.21. The zero-order valence-corrected chi connectivity index (χ0v) is 13.4. The van der Waals surface area contributed by atoms with Gasteiger partial charge in [-0.05, 0) is 10.9 Å². The van der Waals surface area contributed by atoms with Gasteiger partial charge in [0.05, 0.1) is 5.69 Å². The first kappa shape index (κ1) is 15.8. The van der Waals surface area contributed by atoms with E-state index in [4.69, 9.17) is 5.73 Å². The summed E-state index contributed by atoms with van der Waals surface area (Å²) >= 11 is 0. The minimum atomic E-state index is -4.13. The molecule has 0 aromatic heterocycles. The van der Waals surface area contributed by atoms with Crippen molar-refractivity contribution in [2.75, 3.05) is 4.72 Å². The number of nitrogens with one attached hydrogen (secondary N) is 2. The second-order valence-corrected chi connectivity index (χ2v) is 6.56. The minimum Gasteiger partial charge on any atom is -0.351 e. The van der Waals surface area contributed by atoms with Crippen molar-refractivity contribution in [2.24, 2.45) is 5.73 Å². The van der Waals surface area contributed by atoms with Crippen LogP contribution in [-0.2, 0) is 10.2 Å². The van der Waals surface area contributed by atoms with E-state index in [9.17, 15) is 13.2 Å². The van der Waals surface area contributed by atoms with Gasteiger partial charge in [0.25, 0.3) is 0 Å². The molecule has 0 unspecified atom stereocenters. The molecule has 3 aromatic carbocycles. The van der Waals surface area contributed by atoms with E-state index in [2.05, 4.69) is 4.72 Å². The summed E-state index contributed by atoms with van der Waals surface area (Å²) in [5.74, 6) is 0. The third-order valence-electron chi connectivity index (χ3n) is 3.49. The van der Waals surface area contributed by atoms with E-state index >= 15 is 0 Å². The van der Waals surface area contributed by atoms with Crippen LogP contribution < -0.4 is 15.2 Å². The highest BCUT2D eigenvalue weighted by Crippen LogP contribution is 2.35. The topological polar surface area (TPSA) is 101 Å². The smallest absolute Gasteiger partial charge is 0.327 e. The lowest BCUT2D eigenvalue weighted by Gasteiger charge is -2.15. The molecule has 6 nitrogen and oxygen atoms in total. The molecular weight excluding hydrogens is 326 g/mol. The van der Waals surface area contributed by atoms with E-state index in [-0.39, 0.29) is 0 Å². The highest BCUT2D eigenvalue weighted by molar-refractivity contribution is 7.91. The second-order valence-electron chi connectivity index (χ2n) is 5.15. The number of fused-ring (bicyclic) bond motifs is 1. The molecule has 4 N–H and O–H groups in total. The Labute approximate surface area is 139 Å². The summed E-state index contributed by atoms with van der Waals surface area (Å²) in [4.78, 5) is 10.9. The standard InChI is InChI=1S/C17H15N3O3S/c18-17(21)20-24(22,23)19-16-14-9-5-4-8-13(14)10-11-15(16)12-6-2-1-3-7-12/h1-11,19H,(H3,18,20,21). The first-order valence-electron chi connectivity index (χ1n) is 7.13. The highest BCUT2D eigenvalue weighted by Gasteiger charge is 2.17. The van der Waals surface area contributed by atoms with Crippen molar-refractivity contribution in [1.82, 2.24) is 4.72 Å². The van der Waals surface area contributed by atoms with Crippen LogP contribution in [0.4, 0.5) is 10.5 Å². The molecule has 0 aliphatic carbocycles. The first-order chi connectivity index (χ1) is 11.5. The lowest BCUT2D eigenvalue weighted by molar-refractivity contribution is 0.253. The van der Waals surface area contributed by atoms with Gasteiger partial charge in [-0.15, -0.1) is 0 Å². The number of carbonyl (C=O) groups excluding carboxylic acids is 1. The summed E-state index contributed by atoms with van der Waals surface area (Å²) in [5, 5.41) is 1.59. The molecular formula is C17H15N3O3S. The Hall–Kier alpha value is -3.06. The van der Waals surface area contributed by atoms with Gasteiger partial charge in [-0.3, -0.25) is 4.72 Å². The van der Waals surface area contributed by atoms with Crippen LogP contribution in [0.3, 0.4) is 0 Å². The highest BCUT2D eigenvalue weighted by atomic mass is 32.2. The molecule has 0 bridgehead atoms.